The van der Waals surface area contributed by atoms with Crippen molar-refractivity contribution < 1.29 is 19.3 Å². The van der Waals surface area contributed by atoms with Gasteiger partial charge in [0, 0.05) is 13.1 Å². The summed E-state index contributed by atoms with van der Waals surface area (Å²) in [6.07, 6.45) is 0.967. The zero-order chi connectivity index (χ0) is 15.7. The molecule has 0 amide bonds. The van der Waals surface area contributed by atoms with Crippen molar-refractivity contribution in [2.45, 2.75) is 13.0 Å². The molecular formula is C16H22N4O2+2. The van der Waals surface area contributed by atoms with Crippen molar-refractivity contribution in [3.05, 3.63) is 41.5 Å². The fourth-order valence-corrected chi connectivity index (χ4v) is 2.86. The Morgan fingerprint density at radius 2 is 1.86 bits per heavy atom. The van der Waals surface area contributed by atoms with E-state index in [-0.39, 0.29) is 11.9 Å². The summed E-state index contributed by atoms with van der Waals surface area (Å²) in [5.74, 6) is 0.867. The SMILES string of the molecule is C[n+]1c(O)c2c([n+](C)c1O)NCN(CCc1ccccc1)C2. The number of nitrogens with one attached hydrogen (secondary N) is 1. The summed E-state index contributed by atoms with van der Waals surface area (Å²) >= 11 is 0. The highest BCUT2D eigenvalue weighted by atomic mass is 16.3. The van der Waals surface area contributed by atoms with Gasteiger partial charge in [-0.3, -0.25) is 4.90 Å². The lowest BCUT2D eigenvalue weighted by molar-refractivity contribution is -0.807. The first-order valence-corrected chi connectivity index (χ1v) is 7.41. The standard InChI is InChI=1S/C16H20N4O2/c1-18-14-13(15(21)19(2)16(18)22)10-20(11-17-14)9-8-12-6-4-3-5-7-12/h3-7H,8-11H2,1-2H3,(H,17,21)/p+2. The molecule has 22 heavy (non-hydrogen) atoms. The van der Waals surface area contributed by atoms with Crippen LogP contribution in [0.25, 0.3) is 0 Å². The molecule has 0 fully saturated rings. The van der Waals surface area contributed by atoms with Gasteiger partial charge in [0.05, 0.1) is 6.67 Å². The maximum Gasteiger partial charge on any atom is 0.632 e. The molecule has 2 aromatic rings. The second kappa shape index (κ2) is 5.81. The van der Waals surface area contributed by atoms with Gasteiger partial charge in [0.15, 0.2) is 19.7 Å². The molecule has 0 radical (unpaired) electrons. The average Bonchev–Trinajstić information content (AvgIpc) is 2.57. The largest absolute Gasteiger partial charge is 0.632 e. The van der Waals surface area contributed by atoms with Crippen LogP contribution in [0.15, 0.2) is 30.3 Å². The van der Waals surface area contributed by atoms with E-state index >= 15 is 0 Å². The molecule has 0 aliphatic carbocycles. The molecule has 3 N–H and O–H groups in total. The highest BCUT2D eigenvalue weighted by Gasteiger charge is 2.36. The summed E-state index contributed by atoms with van der Waals surface area (Å²) < 4.78 is 3.05. The molecule has 0 bridgehead atoms. The molecular weight excluding hydrogens is 280 g/mol. The van der Waals surface area contributed by atoms with Gasteiger partial charge in [-0.25, -0.2) is 0 Å². The van der Waals surface area contributed by atoms with E-state index in [1.165, 1.54) is 10.1 Å². The van der Waals surface area contributed by atoms with Gasteiger partial charge in [0.25, 0.3) is 5.82 Å². The van der Waals surface area contributed by atoms with Crippen LogP contribution < -0.4 is 14.5 Å². The number of nitrogens with zero attached hydrogens (tertiary/aromatic N) is 3. The average molecular weight is 302 g/mol. The van der Waals surface area contributed by atoms with Crippen molar-refractivity contribution in [2.75, 3.05) is 18.5 Å². The molecule has 0 saturated heterocycles. The van der Waals surface area contributed by atoms with Gasteiger partial charge in [-0.2, -0.15) is 0 Å². The Morgan fingerprint density at radius 1 is 1.14 bits per heavy atom. The maximum atomic E-state index is 10.3. The number of aromatic hydroxyl groups is 2. The van der Waals surface area contributed by atoms with Crippen LogP contribution in [-0.2, 0) is 27.1 Å². The Hall–Kier alpha value is -2.34. The quantitative estimate of drug-likeness (QED) is 0.708. The summed E-state index contributed by atoms with van der Waals surface area (Å²) in [6.45, 7) is 2.26. The number of rotatable bonds is 3. The van der Waals surface area contributed by atoms with Crippen molar-refractivity contribution in [3.63, 3.8) is 0 Å². The van der Waals surface area contributed by atoms with Crippen LogP contribution in [0, 0.1) is 0 Å². The molecule has 1 aliphatic rings. The number of hydrogen-bond acceptors (Lipinski definition) is 4. The molecule has 3 rings (SSSR count). The zero-order valence-electron chi connectivity index (χ0n) is 13.0. The van der Waals surface area contributed by atoms with E-state index in [0.29, 0.717) is 13.2 Å². The van der Waals surface area contributed by atoms with Gasteiger partial charge in [-0.05, 0) is 12.0 Å². The third-order valence-electron chi connectivity index (χ3n) is 4.22. The minimum atomic E-state index is 0.0153. The monoisotopic (exact) mass is 302 g/mol. The van der Waals surface area contributed by atoms with E-state index in [1.807, 2.05) is 18.2 Å². The van der Waals surface area contributed by atoms with E-state index in [0.717, 1.165) is 24.3 Å². The molecule has 1 aliphatic heterocycles. The van der Waals surface area contributed by atoms with E-state index in [4.69, 9.17) is 0 Å². The molecule has 0 saturated carbocycles. The highest BCUT2D eigenvalue weighted by Crippen LogP contribution is 2.25. The number of hydrogen-bond donors (Lipinski definition) is 3. The Kier molecular flexibility index (Phi) is 3.85. The van der Waals surface area contributed by atoms with Gasteiger partial charge in [-0.1, -0.05) is 39.5 Å². The fourth-order valence-electron chi connectivity index (χ4n) is 2.86. The molecule has 6 nitrogen and oxygen atoms in total. The number of benzene rings is 1. The molecule has 1 aromatic heterocycles. The molecule has 0 atom stereocenters. The predicted molar refractivity (Wildman–Crippen MR) is 81.2 cm³/mol. The lowest BCUT2D eigenvalue weighted by Crippen LogP contribution is -2.50. The second-order valence-corrected chi connectivity index (χ2v) is 5.69. The van der Waals surface area contributed by atoms with Crippen LogP contribution in [0.5, 0.6) is 11.9 Å². The van der Waals surface area contributed by atoms with Crippen molar-refractivity contribution in [2.24, 2.45) is 14.1 Å². The van der Waals surface area contributed by atoms with E-state index in [9.17, 15) is 10.2 Å². The minimum absolute atomic E-state index is 0.0153. The summed E-state index contributed by atoms with van der Waals surface area (Å²) in [5.41, 5.74) is 2.11. The van der Waals surface area contributed by atoms with Crippen LogP contribution in [0.2, 0.25) is 0 Å². The molecule has 6 heteroatoms. The Labute approximate surface area is 129 Å². The third-order valence-corrected chi connectivity index (χ3v) is 4.22. The summed E-state index contributed by atoms with van der Waals surface area (Å²) in [7, 11) is 3.42. The minimum Gasteiger partial charge on any atom is -0.459 e. The smallest absolute Gasteiger partial charge is 0.459 e. The number of fused-ring (bicyclic) bond motifs is 1. The summed E-state index contributed by atoms with van der Waals surface area (Å²) in [6, 6.07) is 10.4. The normalized spacial score (nSPS) is 14.5. The van der Waals surface area contributed by atoms with E-state index < -0.39 is 0 Å². The van der Waals surface area contributed by atoms with Gasteiger partial charge in [0.2, 0.25) is 0 Å². The number of aromatic nitrogens is 2. The summed E-state index contributed by atoms with van der Waals surface area (Å²) in [5, 5.41) is 23.5. The van der Waals surface area contributed by atoms with Crippen LogP contribution in [0.4, 0.5) is 5.82 Å². The molecule has 0 spiro atoms. The second-order valence-electron chi connectivity index (χ2n) is 5.69. The van der Waals surface area contributed by atoms with Crippen LogP contribution in [0.3, 0.4) is 0 Å². The Morgan fingerprint density at radius 3 is 2.59 bits per heavy atom. The molecule has 1 aromatic carbocycles. The molecule has 116 valence electrons. The van der Waals surface area contributed by atoms with E-state index in [1.54, 1.807) is 18.7 Å². The first-order chi connectivity index (χ1) is 10.6. The maximum absolute atomic E-state index is 10.3. The van der Waals surface area contributed by atoms with Gasteiger partial charge < -0.3 is 15.5 Å². The predicted octanol–water partition coefficient (Wildman–Crippen LogP) is 0.174. The Bertz CT molecular complexity index is 689. The van der Waals surface area contributed by atoms with Crippen molar-refractivity contribution in [1.82, 2.24) is 4.90 Å². The lowest BCUT2D eigenvalue weighted by Gasteiger charge is -2.26. The van der Waals surface area contributed by atoms with Gasteiger partial charge >= 0.3 is 11.9 Å². The van der Waals surface area contributed by atoms with Crippen molar-refractivity contribution in [1.29, 1.82) is 0 Å². The third kappa shape index (κ3) is 2.57. The first-order valence-electron chi connectivity index (χ1n) is 7.41. The molecule has 2 heterocycles. The highest BCUT2D eigenvalue weighted by molar-refractivity contribution is 5.44. The van der Waals surface area contributed by atoms with Crippen LogP contribution in [-0.4, -0.2) is 28.3 Å². The fraction of sp³-hybridized carbons (Fsp3) is 0.375. The lowest BCUT2D eigenvalue weighted by atomic mass is 10.1. The van der Waals surface area contributed by atoms with E-state index in [2.05, 4.69) is 22.3 Å². The van der Waals surface area contributed by atoms with Crippen molar-refractivity contribution >= 4 is 5.82 Å². The Balaban J connectivity index is 1.76. The van der Waals surface area contributed by atoms with Gasteiger partial charge in [0.1, 0.15) is 0 Å². The number of anilines is 1. The van der Waals surface area contributed by atoms with Crippen LogP contribution >= 0.6 is 0 Å². The summed E-state index contributed by atoms with van der Waals surface area (Å²) in [4.78, 5) is 2.24. The molecule has 0 unspecified atom stereocenters. The van der Waals surface area contributed by atoms with Gasteiger partial charge in [-0.15, -0.1) is 0 Å². The first kappa shape index (κ1) is 14.6. The van der Waals surface area contributed by atoms with Crippen molar-refractivity contribution in [3.8, 4) is 11.9 Å². The topological polar surface area (TPSA) is 63.5 Å². The van der Waals surface area contributed by atoms with Crippen LogP contribution in [0.1, 0.15) is 11.1 Å². The zero-order valence-corrected chi connectivity index (χ0v) is 13.0.